The van der Waals surface area contributed by atoms with Crippen LogP contribution in [0.25, 0.3) is 50.0 Å². The number of benzene rings is 3. The van der Waals surface area contributed by atoms with Gasteiger partial charge in [-0.15, -0.1) is 24.3 Å². The Hall–Kier alpha value is -4.19. The van der Waals surface area contributed by atoms with Crippen LogP contribution in [-0.4, -0.2) is 25.0 Å². The smallest absolute Gasteiger partial charge is 0.153 e. The van der Waals surface area contributed by atoms with E-state index in [1.807, 2.05) is 84.9 Å². The van der Waals surface area contributed by atoms with Crippen LogP contribution < -0.4 is 0 Å². The van der Waals surface area contributed by atoms with Crippen molar-refractivity contribution in [1.29, 1.82) is 0 Å². The van der Waals surface area contributed by atoms with Crippen LogP contribution in [0.3, 0.4) is 0 Å². The van der Waals surface area contributed by atoms with E-state index in [-0.39, 0.29) is 20.1 Å². The predicted octanol–water partition coefficient (Wildman–Crippen LogP) is 6.06. The first-order valence-corrected chi connectivity index (χ1v) is 10.8. The van der Waals surface area contributed by atoms with Gasteiger partial charge in [0.05, 0.1) is 5.58 Å². The Morgan fingerprint density at radius 3 is 2.37 bits per heavy atom. The third-order valence-electron chi connectivity index (χ3n) is 5.39. The van der Waals surface area contributed by atoms with Crippen molar-refractivity contribution in [1.82, 2.24) is 25.0 Å². The van der Waals surface area contributed by atoms with Crippen LogP contribution in [0.1, 0.15) is 0 Å². The first-order valence-electron chi connectivity index (χ1n) is 10.8. The van der Waals surface area contributed by atoms with E-state index in [1.54, 1.807) is 17.1 Å². The van der Waals surface area contributed by atoms with Crippen molar-refractivity contribution >= 4 is 33.0 Å². The molecule has 0 fully saturated rings. The molecule has 171 valence electrons. The number of hydrogen-bond donors (Lipinski definition) is 0. The van der Waals surface area contributed by atoms with Gasteiger partial charge in [-0.3, -0.25) is 0 Å². The average Bonchev–Trinajstić information content (AvgIpc) is 3.52. The molecule has 7 aromatic rings. The molecule has 7 rings (SSSR count). The number of rotatable bonds is 2. The maximum absolute atomic E-state index is 5.97. The monoisotopic (exact) mass is 632 g/mol. The van der Waals surface area contributed by atoms with Gasteiger partial charge in [0.25, 0.3) is 0 Å². The van der Waals surface area contributed by atoms with Crippen molar-refractivity contribution in [3.05, 3.63) is 116 Å². The van der Waals surface area contributed by atoms with E-state index in [2.05, 4.69) is 38.5 Å². The van der Waals surface area contributed by atoms with Crippen LogP contribution in [0, 0.1) is 12.1 Å². The third-order valence-corrected chi connectivity index (χ3v) is 5.39. The summed E-state index contributed by atoms with van der Waals surface area (Å²) in [7, 11) is 0. The Kier molecular flexibility index (Phi) is 6.44. The molecule has 0 amide bonds. The Balaban J connectivity index is 0.000000145. The number of furan rings is 1. The van der Waals surface area contributed by atoms with E-state index in [0.29, 0.717) is 0 Å². The number of nitrogens with zero attached hydrogens (tertiary/aromatic N) is 5. The summed E-state index contributed by atoms with van der Waals surface area (Å²) in [5.74, 6) is 0.752. The third kappa shape index (κ3) is 4.35. The average molecular weight is 632 g/mol. The minimum atomic E-state index is 0. The van der Waals surface area contributed by atoms with Crippen molar-refractivity contribution < 1.29 is 24.5 Å². The van der Waals surface area contributed by atoms with Crippen molar-refractivity contribution in [2.75, 3.05) is 0 Å². The van der Waals surface area contributed by atoms with Crippen molar-refractivity contribution in [3.8, 4) is 17.1 Å². The molecule has 0 N–H and O–H groups in total. The molecular weight excluding hydrogens is 615 g/mol. The Labute approximate surface area is 214 Å². The fraction of sp³-hybridized carbons (Fsp3) is 0. The fourth-order valence-corrected chi connectivity index (χ4v) is 3.84. The van der Waals surface area contributed by atoms with Gasteiger partial charge in [-0.25, -0.2) is 9.67 Å². The molecule has 0 saturated heterocycles. The summed E-state index contributed by atoms with van der Waals surface area (Å²) in [5.41, 5.74) is 5.21. The molecule has 0 aliphatic heterocycles. The topological polar surface area (TPSA) is 69.6 Å². The molecule has 3 aromatic carbocycles. The maximum atomic E-state index is 5.97. The van der Waals surface area contributed by atoms with Crippen molar-refractivity contribution in [2.45, 2.75) is 0 Å². The Morgan fingerprint density at radius 2 is 1.54 bits per heavy atom. The van der Waals surface area contributed by atoms with Crippen molar-refractivity contribution in [3.63, 3.8) is 0 Å². The molecule has 0 saturated carbocycles. The summed E-state index contributed by atoms with van der Waals surface area (Å²) in [6.07, 6.45) is 3.51. The first-order chi connectivity index (χ1) is 16.9. The van der Waals surface area contributed by atoms with Gasteiger partial charge < -0.3 is 9.40 Å². The van der Waals surface area contributed by atoms with E-state index in [9.17, 15) is 0 Å². The number of hydrogen-bond acceptors (Lipinski definition) is 5. The number of aromatic nitrogens is 5. The summed E-state index contributed by atoms with van der Waals surface area (Å²) in [4.78, 5) is 8.59. The van der Waals surface area contributed by atoms with Gasteiger partial charge in [-0.1, -0.05) is 52.6 Å². The van der Waals surface area contributed by atoms with Crippen LogP contribution in [0.5, 0.6) is 0 Å². The van der Waals surface area contributed by atoms with Gasteiger partial charge in [-0.2, -0.15) is 23.3 Å². The van der Waals surface area contributed by atoms with Gasteiger partial charge in [0.2, 0.25) is 0 Å². The molecule has 4 aromatic heterocycles. The van der Waals surface area contributed by atoms with E-state index in [4.69, 9.17) is 4.42 Å². The second-order valence-corrected chi connectivity index (χ2v) is 7.50. The number of pyridine rings is 2. The molecule has 7 heteroatoms. The van der Waals surface area contributed by atoms with Gasteiger partial charge in [0.15, 0.2) is 5.82 Å². The Morgan fingerprint density at radius 1 is 0.714 bits per heavy atom. The van der Waals surface area contributed by atoms with E-state index in [1.165, 1.54) is 0 Å². The van der Waals surface area contributed by atoms with Crippen LogP contribution in [0.2, 0.25) is 0 Å². The van der Waals surface area contributed by atoms with E-state index >= 15 is 0 Å². The van der Waals surface area contributed by atoms with Crippen LogP contribution >= 0.6 is 0 Å². The summed E-state index contributed by atoms with van der Waals surface area (Å²) >= 11 is 0. The zero-order valence-corrected chi connectivity index (χ0v) is 20.7. The molecule has 35 heavy (non-hydrogen) atoms. The predicted molar refractivity (Wildman–Crippen MR) is 131 cm³/mol. The molecule has 0 aliphatic carbocycles. The molecule has 0 spiro atoms. The van der Waals surface area contributed by atoms with Gasteiger partial charge in [-0.05, 0) is 35.5 Å². The fourth-order valence-electron chi connectivity index (χ4n) is 3.84. The SMILES string of the molecule is [Ir].[c-]1ccc2c(oc3ccccc32)c1-c1ccccn1.[c-]1cccc2nnn(-c3ccccn3)c12. The van der Waals surface area contributed by atoms with Crippen molar-refractivity contribution in [2.24, 2.45) is 0 Å². The number of para-hydroxylation sites is 2. The molecule has 6 nitrogen and oxygen atoms in total. The Bertz CT molecular complexity index is 1710. The van der Waals surface area contributed by atoms with E-state index < -0.39 is 0 Å². The largest absolute Gasteiger partial charge is 0.501 e. The minimum Gasteiger partial charge on any atom is -0.501 e. The zero-order chi connectivity index (χ0) is 22.7. The molecule has 0 atom stereocenters. The summed E-state index contributed by atoms with van der Waals surface area (Å²) in [6, 6.07) is 35.5. The molecule has 0 bridgehead atoms. The molecule has 0 unspecified atom stereocenters. The minimum absolute atomic E-state index is 0. The van der Waals surface area contributed by atoms with E-state index in [0.717, 1.165) is 50.0 Å². The van der Waals surface area contributed by atoms with Crippen LogP contribution in [0.4, 0.5) is 0 Å². The normalized spacial score (nSPS) is 10.6. The molecule has 4 heterocycles. The van der Waals surface area contributed by atoms with Crippen LogP contribution in [-0.2, 0) is 20.1 Å². The van der Waals surface area contributed by atoms with Gasteiger partial charge in [0, 0.05) is 43.4 Å². The first kappa shape index (κ1) is 22.6. The quantitative estimate of drug-likeness (QED) is 0.217. The second-order valence-electron chi connectivity index (χ2n) is 7.50. The summed E-state index contributed by atoms with van der Waals surface area (Å²) in [5, 5.41) is 10.3. The summed E-state index contributed by atoms with van der Waals surface area (Å²) in [6.45, 7) is 0. The zero-order valence-electron chi connectivity index (χ0n) is 18.3. The molecular formula is C28H17IrN5O-2. The second kappa shape index (κ2) is 9.97. The van der Waals surface area contributed by atoms with Gasteiger partial charge >= 0.3 is 0 Å². The summed E-state index contributed by atoms with van der Waals surface area (Å²) < 4.78 is 7.64. The van der Waals surface area contributed by atoms with Crippen LogP contribution in [0.15, 0.2) is 108 Å². The van der Waals surface area contributed by atoms with Gasteiger partial charge in [0.1, 0.15) is 5.58 Å². The number of fused-ring (bicyclic) bond motifs is 4. The maximum Gasteiger partial charge on any atom is 0.153 e. The standard InChI is InChI=1S/C17H10NO.C11H7N4.Ir/c1-2-10-16-12(6-1)13-7-5-8-14(17(13)19-16)15-9-3-4-11-18-15;1-2-6-10-9(5-1)13-14-15(10)11-7-3-4-8-12-11;/h1-7,9-11H;1-5,7-8H;/q2*-1;. The molecule has 1 radical (unpaired) electrons. The molecule has 0 aliphatic rings.